The van der Waals surface area contributed by atoms with Crippen LogP contribution in [-0.2, 0) is 7.05 Å². The van der Waals surface area contributed by atoms with Crippen LogP contribution in [0, 0.1) is 0 Å². The summed E-state index contributed by atoms with van der Waals surface area (Å²) in [4.78, 5) is 25.3. The molecule has 0 radical (unpaired) electrons. The molecule has 4 N–H and O–H groups in total. The summed E-state index contributed by atoms with van der Waals surface area (Å²) in [5.41, 5.74) is 4.85. The highest BCUT2D eigenvalue weighted by atomic mass is 16.2. The summed E-state index contributed by atoms with van der Waals surface area (Å²) in [5.74, 6) is 0.159. The Kier molecular flexibility index (Phi) is 3.65. The van der Waals surface area contributed by atoms with Gasteiger partial charge in [-0.05, 0) is 19.8 Å². The third-order valence-electron chi connectivity index (χ3n) is 3.36. The predicted molar refractivity (Wildman–Crippen MR) is 69.3 cm³/mol. The highest BCUT2D eigenvalue weighted by molar-refractivity contribution is 5.61. The summed E-state index contributed by atoms with van der Waals surface area (Å²) >= 11 is 0. The van der Waals surface area contributed by atoms with Crippen molar-refractivity contribution >= 4 is 11.5 Å². The number of aromatic amines is 1. The summed E-state index contributed by atoms with van der Waals surface area (Å²) < 4.78 is 1.22. The van der Waals surface area contributed by atoms with Gasteiger partial charge in [0.15, 0.2) is 0 Å². The number of rotatable bonds is 4. The maximum absolute atomic E-state index is 11.7. The summed E-state index contributed by atoms with van der Waals surface area (Å²) in [5, 5.41) is 3.13. The molecule has 1 rings (SSSR count). The third-order valence-corrected chi connectivity index (χ3v) is 3.36. The Balaban J connectivity index is 3.29. The standard InChI is InChI=1S/C11H20N4O2/c1-5-11(3,6-2)14-7-8(12)15(4)10(17)13-9(7)16/h14H,5-6,12H2,1-4H3,(H,13,16,17). The van der Waals surface area contributed by atoms with Gasteiger partial charge in [0.25, 0.3) is 5.56 Å². The second-order valence-electron chi connectivity index (χ2n) is 4.47. The van der Waals surface area contributed by atoms with Gasteiger partial charge in [0.1, 0.15) is 11.5 Å². The summed E-state index contributed by atoms with van der Waals surface area (Å²) in [6.07, 6.45) is 1.70. The van der Waals surface area contributed by atoms with Crippen molar-refractivity contribution in [3.05, 3.63) is 20.8 Å². The van der Waals surface area contributed by atoms with E-state index in [1.54, 1.807) is 0 Å². The number of nitrogen functional groups attached to an aromatic ring is 1. The Morgan fingerprint density at radius 1 is 1.35 bits per heavy atom. The molecule has 96 valence electrons. The minimum absolute atomic E-state index is 0.159. The van der Waals surface area contributed by atoms with Crippen LogP contribution in [0.15, 0.2) is 9.59 Å². The van der Waals surface area contributed by atoms with E-state index in [2.05, 4.69) is 10.3 Å². The molecular weight excluding hydrogens is 220 g/mol. The van der Waals surface area contributed by atoms with E-state index in [1.807, 2.05) is 20.8 Å². The molecule has 6 heteroatoms. The van der Waals surface area contributed by atoms with Crippen molar-refractivity contribution in [3.63, 3.8) is 0 Å². The first-order valence-electron chi connectivity index (χ1n) is 5.71. The zero-order chi connectivity index (χ0) is 13.2. The molecule has 1 aromatic heterocycles. The van der Waals surface area contributed by atoms with Crippen LogP contribution in [0.4, 0.5) is 11.5 Å². The molecule has 17 heavy (non-hydrogen) atoms. The first-order chi connectivity index (χ1) is 7.84. The van der Waals surface area contributed by atoms with Gasteiger partial charge in [-0.1, -0.05) is 13.8 Å². The number of anilines is 2. The Morgan fingerprint density at radius 3 is 2.35 bits per heavy atom. The van der Waals surface area contributed by atoms with Gasteiger partial charge >= 0.3 is 5.69 Å². The van der Waals surface area contributed by atoms with Crippen molar-refractivity contribution in [1.82, 2.24) is 9.55 Å². The zero-order valence-electron chi connectivity index (χ0n) is 10.8. The molecule has 0 atom stereocenters. The number of hydrogen-bond acceptors (Lipinski definition) is 4. The lowest BCUT2D eigenvalue weighted by molar-refractivity contribution is 0.477. The van der Waals surface area contributed by atoms with Gasteiger partial charge in [0, 0.05) is 12.6 Å². The van der Waals surface area contributed by atoms with Crippen molar-refractivity contribution in [3.8, 4) is 0 Å². The Morgan fingerprint density at radius 2 is 1.88 bits per heavy atom. The molecule has 1 heterocycles. The van der Waals surface area contributed by atoms with Gasteiger partial charge in [-0.2, -0.15) is 0 Å². The van der Waals surface area contributed by atoms with Crippen LogP contribution < -0.4 is 22.3 Å². The van der Waals surface area contributed by atoms with Crippen LogP contribution in [0.1, 0.15) is 33.6 Å². The molecule has 1 aromatic rings. The molecule has 0 spiro atoms. The zero-order valence-corrected chi connectivity index (χ0v) is 10.8. The molecule has 0 aliphatic carbocycles. The van der Waals surface area contributed by atoms with E-state index in [-0.39, 0.29) is 17.0 Å². The highest BCUT2D eigenvalue weighted by Gasteiger charge is 2.22. The second kappa shape index (κ2) is 4.65. The number of nitrogens with two attached hydrogens (primary N) is 1. The summed E-state index contributed by atoms with van der Waals surface area (Å²) in [7, 11) is 1.52. The summed E-state index contributed by atoms with van der Waals surface area (Å²) in [6.45, 7) is 6.07. The van der Waals surface area contributed by atoms with Crippen LogP contribution in [0.2, 0.25) is 0 Å². The van der Waals surface area contributed by atoms with Crippen LogP contribution >= 0.6 is 0 Å². The Labute approximate surface area is 99.8 Å². The van der Waals surface area contributed by atoms with Gasteiger partial charge in [0.05, 0.1) is 0 Å². The van der Waals surface area contributed by atoms with Crippen LogP contribution in [0.3, 0.4) is 0 Å². The maximum Gasteiger partial charge on any atom is 0.329 e. The van der Waals surface area contributed by atoms with E-state index in [4.69, 9.17) is 5.73 Å². The minimum Gasteiger partial charge on any atom is -0.383 e. The molecule has 0 saturated heterocycles. The SMILES string of the molecule is CCC(C)(CC)Nc1c(N)n(C)c(=O)[nH]c1=O. The van der Waals surface area contributed by atoms with E-state index < -0.39 is 11.2 Å². The second-order valence-corrected chi connectivity index (χ2v) is 4.47. The van der Waals surface area contributed by atoms with E-state index in [9.17, 15) is 9.59 Å². The molecule has 0 aliphatic heterocycles. The number of hydrogen-bond donors (Lipinski definition) is 3. The van der Waals surface area contributed by atoms with Crippen molar-refractivity contribution in [2.75, 3.05) is 11.1 Å². The lowest BCUT2D eigenvalue weighted by Gasteiger charge is -2.29. The molecule has 6 nitrogen and oxygen atoms in total. The molecule has 0 fully saturated rings. The first-order valence-corrected chi connectivity index (χ1v) is 5.71. The average molecular weight is 240 g/mol. The van der Waals surface area contributed by atoms with E-state index in [0.717, 1.165) is 12.8 Å². The van der Waals surface area contributed by atoms with Gasteiger partial charge in [-0.25, -0.2) is 4.79 Å². The molecular formula is C11H20N4O2. The lowest BCUT2D eigenvalue weighted by Crippen LogP contribution is -2.39. The van der Waals surface area contributed by atoms with Crippen LogP contribution in [0.25, 0.3) is 0 Å². The van der Waals surface area contributed by atoms with Crippen LogP contribution in [-0.4, -0.2) is 15.1 Å². The molecule has 0 aromatic carbocycles. The molecule has 0 amide bonds. The smallest absolute Gasteiger partial charge is 0.329 e. The minimum atomic E-state index is -0.507. The fourth-order valence-electron chi connectivity index (χ4n) is 1.49. The van der Waals surface area contributed by atoms with Crippen molar-refractivity contribution in [2.45, 2.75) is 39.2 Å². The topological polar surface area (TPSA) is 92.9 Å². The Hall–Kier alpha value is -1.72. The van der Waals surface area contributed by atoms with E-state index in [1.165, 1.54) is 11.6 Å². The molecule has 0 bridgehead atoms. The monoisotopic (exact) mass is 240 g/mol. The van der Waals surface area contributed by atoms with Crippen molar-refractivity contribution < 1.29 is 0 Å². The van der Waals surface area contributed by atoms with Crippen molar-refractivity contribution in [1.29, 1.82) is 0 Å². The Bertz CT molecular complexity index is 511. The van der Waals surface area contributed by atoms with Gasteiger partial charge in [-0.15, -0.1) is 0 Å². The maximum atomic E-state index is 11.7. The molecule has 0 aliphatic rings. The number of aromatic nitrogens is 2. The number of nitrogens with one attached hydrogen (secondary N) is 2. The fraction of sp³-hybridized carbons (Fsp3) is 0.636. The number of H-pyrrole nitrogens is 1. The number of nitrogens with zero attached hydrogens (tertiary/aromatic N) is 1. The van der Waals surface area contributed by atoms with Gasteiger partial charge < -0.3 is 11.1 Å². The lowest BCUT2D eigenvalue weighted by atomic mass is 9.95. The van der Waals surface area contributed by atoms with Crippen molar-refractivity contribution in [2.24, 2.45) is 7.05 Å². The normalized spacial score (nSPS) is 11.5. The fourth-order valence-corrected chi connectivity index (χ4v) is 1.49. The highest BCUT2D eigenvalue weighted by Crippen LogP contribution is 2.21. The first kappa shape index (κ1) is 13.3. The average Bonchev–Trinajstić information content (AvgIpc) is 2.32. The van der Waals surface area contributed by atoms with Gasteiger partial charge in [-0.3, -0.25) is 14.3 Å². The summed E-state index contributed by atoms with van der Waals surface area (Å²) in [6, 6.07) is 0. The molecule has 0 unspecified atom stereocenters. The molecule has 0 saturated carbocycles. The predicted octanol–water partition coefficient (Wildman–Crippen LogP) is 0.646. The van der Waals surface area contributed by atoms with Gasteiger partial charge in [0.2, 0.25) is 0 Å². The van der Waals surface area contributed by atoms with E-state index >= 15 is 0 Å². The largest absolute Gasteiger partial charge is 0.383 e. The quantitative estimate of drug-likeness (QED) is 0.720. The third kappa shape index (κ3) is 2.51. The van der Waals surface area contributed by atoms with Crippen LogP contribution in [0.5, 0.6) is 0 Å². The van der Waals surface area contributed by atoms with E-state index in [0.29, 0.717) is 0 Å².